The Labute approximate surface area is 123 Å². The Kier molecular flexibility index (Phi) is 10.8. The zero-order valence-electron chi connectivity index (χ0n) is 13.5. The minimum absolute atomic E-state index is 0.0182. The predicted molar refractivity (Wildman–Crippen MR) is 82.9 cm³/mol. The van der Waals surface area contributed by atoms with Gasteiger partial charge in [-0.1, -0.05) is 13.8 Å². The van der Waals surface area contributed by atoms with Gasteiger partial charge in [0.1, 0.15) is 6.54 Å². The number of likely N-dealkylation sites (N-methyl/N-ethyl adjacent to an activating group) is 1. The van der Waals surface area contributed by atoms with Crippen LogP contribution in [0.15, 0.2) is 4.99 Å². The summed E-state index contributed by atoms with van der Waals surface area (Å²) in [5.41, 5.74) is 0. The van der Waals surface area contributed by atoms with E-state index in [1.165, 1.54) is 4.90 Å². The molecule has 0 radical (unpaired) electrons. The maximum Gasteiger partial charge on any atom is 0.243 e. The van der Waals surface area contributed by atoms with E-state index in [0.29, 0.717) is 25.0 Å². The number of carbonyl (C=O) groups excluding carboxylic acids is 1. The van der Waals surface area contributed by atoms with Crippen molar-refractivity contribution >= 4 is 11.9 Å². The molecule has 0 saturated heterocycles. The van der Waals surface area contributed by atoms with Crippen LogP contribution in [0, 0.1) is 5.92 Å². The van der Waals surface area contributed by atoms with Gasteiger partial charge in [0.05, 0.1) is 6.61 Å². The summed E-state index contributed by atoms with van der Waals surface area (Å²) in [5, 5.41) is 6.24. The van der Waals surface area contributed by atoms with Gasteiger partial charge in [0.25, 0.3) is 0 Å². The highest BCUT2D eigenvalue weighted by molar-refractivity contribution is 5.84. The first-order chi connectivity index (χ1) is 9.47. The molecule has 0 atom stereocenters. The molecule has 0 saturated carbocycles. The van der Waals surface area contributed by atoms with Crippen molar-refractivity contribution in [3.63, 3.8) is 0 Å². The summed E-state index contributed by atoms with van der Waals surface area (Å²) in [6, 6.07) is 0. The molecule has 118 valence electrons. The normalized spacial score (nSPS) is 11.6. The zero-order chi connectivity index (χ0) is 15.4. The zero-order valence-corrected chi connectivity index (χ0v) is 13.5. The van der Waals surface area contributed by atoms with E-state index in [1.54, 1.807) is 14.1 Å². The van der Waals surface area contributed by atoms with Crippen molar-refractivity contribution in [1.29, 1.82) is 0 Å². The van der Waals surface area contributed by atoms with E-state index in [1.807, 2.05) is 6.92 Å². The Bertz CT molecular complexity index is 291. The van der Waals surface area contributed by atoms with E-state index in [9.17, 15) is 4.79 Å². The molecular weight excluding hydrogens is 256 g/mol. The molecule has 0 rings (SSSR count). The Morgan fingerprint density at radius 3 is 2.50 bits per heavy atom. The number of amides is 1. The second kappa shape index (κ2) is 11.5. The standard InChI is InChI=1S/C14H30N4O2/c1-6-15-14(17-11-13(19)18(4)5)16-8-10-20-9-7-12(2)3/h12H,6-11H2,1-5H3,(H2,15,16,17). The first-order valence-electron chi connectivity index (χ1n) is 7.27. The van der Waals surface area contributed by atoms with Crippen LogP contribution in [0.1, 0.15) is 27.2 Å². The predicted octanol–water partition coefficient (Wildman–Crippen LogP) is 0.692. The summed E-state index contributed by atoms with van der Waals surface area (Å²) < 4.78 is 5.52. The molecule has 0 aromatic carbocycles. The molecule has 0 bridgehead atoms. The number of ether oxygens (including phenoxy) is 1. The summed E-state index contributed by atoms with van der Waals surface area (Å²) in [6.07, 6.45) is 1.07. The van der Waals surface area contributed by atoms with Crippen LogP contribution in [0.25, 0.3) is 0 Å². The second-order valence-corrected chi connectivity index (χ2v) is 5.21. The molecule has 20 heavy (non-hydrogen) atoms. The largest absolute Gasteiger partial charge is 0.380 e. The number of nitrogens with one attached hydrogen (secondary N) is 2. The maximum atomic E-state index is 11.5. The molecule has 0 unspecified atom stereocenters. The summed E-state index contributed by atoms with van der Waals surface area (Å²) >= 11 is 0. The van der Waals surface area contributed by atoms with E-state index >= 15 is 0 Å². The third-order valence-corrected chi connectivity index (χ3v) is 2.59. The van der Waals surface area contributed by atoms with Crippen molar-refractivity contribution in [3.8, 4) is 0 Å². The number of guanidine groups is 1. The van der Waals surface area contributed by atoms with Crippen LogP contribution in [0.4, 0.5) is 0 Å². The average Bonchev–Trinajstić information content (AvgIpc) is 2.38. The lowest BCUT2D eigenvalue weighted by atomic mass is 10.1. The molecular formula is C14H30N4O2. The summed E-state index contributed by atoms with van der Waals surface area (Å²) in [4.78, 5) is 17.2. The molecule has 0 fully saturated rings. The minimum atomic E-state index is -0.0182. The molecule has 6 nitrogen and oxygen atoms in total. The van der Waals surface area contributed by atoms with Crippen LogP contribution >= 0.6 is 0 Å². The van der Waals surface area contributed by atoms with E-state index in [0.717, 1.165) is 19.6 Å². The number of aliphatic imine (C=N–C) groups is 1. The third kappa shape index (κ3) is 10.6. The number of hydrogen-bond donors (Lipinski definition) is 2. The van der Waals surface area contributed by atoms with Crippen LogP contribution in [-0.2, 0) is 9.53 Å². The SMILES string of the molecule is CCNC(=NCC(=O)N(C)C)NCCOCCC(C)C. The average molecular weight is 286 g/mol. The Hall–Kier alpha value is -1.30. The van der Waals surface area contributed by atoms with E-state index < -0.39 is 0 Å². The lowest BCUT2D eigenvalue weighted by Crippen LogP contribution is -2.40. The lowest BCUT2D eigenvalue weighted by Gasteiger charge is -2.13. The number of hydrogen-bond acceptors (Lipinski definition) is 3. The minimum Gasteiger partial charge on any atom is -0.380 e. The molecule has 1 amide bonds. The highest BCUT2D eigenvalue weighted by Crippen LogP contribution is 1.98. The number of rotatable bonds is 9. The van der Waals surface area contributed by atoms with Crippen molar-refractivity contribution in [1.82, 2.24) is 15.5 Å². The van der Waals surface area contributed by atoms with Crippen LogP contribution in [-0.4, -0.2) is 63.7 Å². The van der Waals surface area contributed by atoms with Crippen molar-refractivity contribution < 1.29 is 9.53 Å². The smallest absolute Gasteiger partial charge is 0.243 e. The van der Waals surface area contributed by atoms with Crippen molar-refractivity contribution in [2.45, 2.75) is 27.2 Å². The third-order valence-electron chi connectivity index (χ3n) is 2.59. The van der Waals surface area contributed by atoms with Crippen LogP contribution in [0.2, 0.25) is 0 Å². The number of carbonyl (C=O) groups is 1. The quantitative estimate of drug-likeness (QED) is 0.372. The molecule has 0 aliphatic heterocycles. The fourth-order valence-corrected chi connectivity index (χ4v) is 1.29. The number of nitrogens with zero attached hydrogens (tertiary/aromatic N) is 2. The van der Waals surface area contributed by atoms with Crippen LogP contribution in [0.5, 0.6) is 0 Å². The van der Waals surface area contributed by atoms with Gasteiger partial charge in [0.15, 0.2) is 5.96 Å². The van der Waals surface area contributed by atoms with Gasteiger partial charge in [-0.05, 0) is 19.3 Å². The molecule has 6 heteroatoms. The lowest BCUT2D eigenvalue weighted by molar-refractivity contribution is -0.127. The maximum absolute atomic E-state index is 11.5. The summed E-state index contributed by atoms with van der Waals surface area (Å²) in [5.74, 6) is 1.30. The van der Waals surface area contributed by atoms with E-state index in [-0.39, 0.29) is 12.5 Å². The van der Waals surface area contributed by atoms with Crippen molar-refractivity contribution in [2.24, 2.45) is 10.9 Å². The van der Waals surface area contributed by atoms with Gasteiger partial charge < -0.3 is 20.3 Å². The highest BCUT2D eigenvalue weighted by Gasteiger charge is 2.03. The Balaban J connectivity index is 3.90. The van der Waals surface area contributed by atoms with Gasteiger partial charge in [0, 0.05) is 33.8 Å². The van der Waals surface area contributed by atoms with Crippen LogP contribution in [0.3, 0.4) is 0 Å². The first-order valence-corrected chi connectivity index (χ1v) is 7.27. The molecule has 0 aromatic rings. The first kappa shape index (κ1) is 18.7. The summed E-state index contributed by atoms with van der Waals surface area (Å²) in [7, 11) is 3.45. The van der Waals surface area contributed by atoms with Gasteiger partial charge in [-0.3, -0.25) is 4.79 Å². The van der Waals surface area contributed by atoms with Gasteiger partial charge in [-0.15, -0.1) is 0 Å². The Morgan fingerprint density at radius 2 is 1.95 bits per heavy atom. The molecule has 0 aromatic heterocycles. The second-order valence-electron chi connectivity index (χ2n) is 5.21. The van der Waals surface area contributed by atoms with Gasteiger partial charge >= 0.3 is 0 Å². The molecule has 0 aliphatic rings. The van der Waals surface area contributed by atoms with Crippen molar-refractivity contribution in [3.05, 3.63) is 0 Å². The fourth-order valence-electron chi connectivity index (χ4n) is 1.29. The highest BCUT2D eigenvalue weighted by atomic mass is 16.5. The van der Waals surface area contributed by atoms with E-state index in [2.05, 4.69) is 29.5 Å². The van der Waals surface area contributed by atoms with Gasteiger partial charge in [-0.25, -0.2) is 4.99 Å². The fraction of sp³-hybridized carbons (Fsp3) is 0.857. The molecule has 0 aliphatic carbocycles. The van der Waals surface area contributed by atoms with Crippen LogP contribution < -0.4 is 10.6 Å². The van der Waals surface area contributed by atoms with Gasteiger partial charge in [0.2, 0.25) is 5.91 Å². The Morgan fingerprint density at radius 1 is 1.25 bits per heavy atom. The van der Waals surface area contributed by atoms with Crippen molar-refractivity contribution in [2.75, 3.05) is 46.9 Å². The van der Waals surface area contributed by atoms with E-state index in [4.69, 9.17) is 4.74 Å². The van der Waals surface area contributed by atoms with Gasteiger partial charge in [-0.2, -0.15) is 0 Å². The molecule has 0 heterocycles. The topological polar surface area (TPSA) is 66.0 Å². The monoisotopic (exact) mass is 286 g/mol. The summed E-state index contributed by atoms with van der Waals surface area (Å²) in [6.45, 7) is 9.36. The molecule has 0 spiro atoms. The molecule has 2 N–H and O–H groups in total.